The van der Waals surface area contributed by atoms with Gasteiger partial charge in [0.1, 0.15) is 5.75 Å². The number of hydrogen-bond acceptors (Lipinski definition) is 5. The van der Waals surface area contributed by atoms with Crippen LogP contribution in [-0.4, -0.2) is 29.2 Å². The molecule has 2 aromatic rings. The molecule has 122 valence electrons. The molecule has 0 bridgehead atoms. The zero-order chi connectivity index (χ0) is 16.4. The molecular formula is C16H17ClN2O3S. The number of nitrogens with one attached hydrogen (secondary N) is 1. The van der Waals surface area contributed by atoms with Crippen molar-refractivity contribution in [2.75, 3.05) is 7.11 Å². The van der Waals surface area contributed by atoms with Crippen LogP contribution in [0.4, 0.5) is 0 Å². The van der Waals surface area contributed by atoms with E-state index in [4.69, 9.17) is 16.3 Å². The van der Waals surface area contributed by atoms with E-state index in [1.807, 2.05) is 6.07 Å². The summed E-state index contributed by atoms with van der Waals surface area (Å²) in [7, 11) is 1.58. The summed E-state index contributed by atoms with van der Waals surface area (Å²) in [6.45, 7) is 0. The Kier molecular flexibility index (Phi) is 4.84. The molecule has 5 nitrogen and oxygen atoms in total. The minimum absolute atomic E-state index is 0.170. The van der Waals surface area contributed by atoms with Crippen LogP contribution in [0.1, 0.15) is 34.1 Å². The Bertz CT molecular complexity index is 700. The fourth-order valence-electron chi connectivity index (χ4n) is 2.74. The average Bonchev–Trinajstić information content (AvgIpc) is 2.96. The van der Waals surface area contributed by atoms with E-state index in [-0.39, 0.29) is 24.0 Å². The number of thiophene rings is 1. The van der Waals surface area contributed by atoms with Gasteiger partial charge in [-0.25, -0.2) is 0 Å². The molecule has 1 atom stereocenters. The van der Waals surface area contributed by atoms with Crippen LogP contribution in [0.25, 0.3) is 0 Å². The molecular weight excluding hydrogens is 336 g/mol. The lowest BCUT2D eigenvalue weighted by Crippen LogP contribution is -2.41. The number of carbonyl (C=O) groups is 1. The Morgan fingerprint density at radius 2 is 2.26 bits per heavy atom. The fraction of sp³-hybridized carbons (Fsp3) is 0.375. The summed E-state index contributed by atoms with van der Waals surface area (Å²) in [4.78, 5) is 17.2. The third-order valence-electron chi connectivity index (χ3n) is 4.03. The summed E-state index contributed by atoms with van der Waals surface area (Å²) in [5, 5.41) is 12.6. The summed E-state index contributed by atoms with van der Waals surface area (Å²) >= 11 is 7.14. The normalized spacial score (nSPS) is 21.3. The largest absolute Gasteiger partial charge is 0.495 e. The third-order valence-corrected chi connectivity index (χ3v) is 5.26. The third kappa shape index (κ3) is 3.65. The summed E-state index contributed by atoms with van der Waals surface area (Å²) in [6.07, 6.45) is 4.37. The number of ether oxygens (including phenoxy) is 1. The lowest BCUT2D eigenvalue weighted by atomic mass is 9.75. The second-order valence-corrected chi connectivity index (χ2v) is 7.31. The first-order chi connectivity index (χ1) is 11.1. The maximum atomic E-state index is 12.4. The lowest BCUT2D eigenvalue weighted by Gasteiger charge is -2.38. The van der Waals surface area contributed by atoms with Crippen LogP contribution in [0.2, 0.25) is 4.34 Å². The molecule has 7 heteroatoms. The highest BCUT2D eigenvalue weighted by atomic mass is 35.5. The first-order valence-corrected chi connectivity index (χ1v) is 8.49. The number of carbonyl (C=O) groups excluding carboxylic acids is 1. The zero-order valence-electron chi connectivity index (χ0n) is 12.5. The molecule has 0 radical (unpaired) electrons. The SMILES string of the molecule is COc1cncc([C@@H](NC(=O)c2ccc(Cl)s2)C2CC(O)C2)c1. The van der Waals surface area contributed by atoms with Crippen LogP contribution >= 0.6 is 22.9 Å². The van der Waals surface area contributed by atoms with E-state index in [2.05, 4.69) is 10.3 Å². The highest BCUT2D eigenvalue weighted by molar-refractivity contribution is 7.17. The van der Waals surface area contributed by atoms with Crippen molar-refractivity contribution in [3.05, 3.63) is 45.4 Å². The Labute approximate surface area is 143 Å². The predicted octanol–water partition coefficient (Wildman–Crippen LogP) is 3.05. The fourth-order valence-corrected chi connectivity index (χ4v) is 3.69. The number of aliphatic hydroxyl groups excluding tert-OH is 1. The van der Waals surface area contributed by atoms with Crippen molar-refractivity contribution in [2.24, 2.45) is 5.92 Å². The van der Waals surface area contributed by atoms with Gasteiger partial charge >= 0.3 is 0 Å². The monoisotopic (exact) mass is 352 g/mol. The maximum Gasteiger partial charge on any atom is 0.261 e. The lowest BCUT2D eigenvalue weighted by molar-refractivity contribution is 0.0235. The highest BCUT2D eigenvalue weighted by Crippen LogP contribution is 2.39. The first-order valence-electron chi connectivity index (χ1n) is 7.30. The van der Waals surface area contributed by atoms with E-state index in [0.29, 0.717) is 27.8 Å². The van der Waals surface area contributed by atoms with E-state index in [0.717, 1.165) is 5.56 Å². The van der Waals surface area contributed by atoms with Crippen molar-refractivity contribution >= 4 is 28.8 Å². The predicted molar refractivity (Wildman–Crippen MR) is 89.1 cm³/mol. The van der Waals surface area contributed by atoms with Crippen molar-refractivity contribution in [3.8, 4) is 5.75 Å². The second kappa shape index (κ2) is 6.86. The molecule has 0 saturated heterocycles. The zero-order valence-corrected chi connectivity index (χ0v) is 14.1. The molecule has 2 aromatic heterocycles. The molecule has 1 amide bonds. The first kappa shape index (κ1) is 16.2. The molecule has 23 heavy (non-hydrogen) atoms. The van der Waals surface area contributed by atoms with Gasteiger partial charge in [0, 0.05) is 6.20 Å². The van der Waals surface area contributed by atoms with Gasteiger partial charge in [0.15, 0.2) is 0 Å². The number of methoxy groups -OCH3 is 1. The summed E-state index contributed by atoms with van der Waals surface area (Å²) in [6, 6.07) is 5.06. The van der Waals surface area contributed by atoms with Gasteiger partial charge in [0.05, 0.1) is 34.7 Å². The van der Waals surface area contributed by atoms with E-state index >= 15 is 0 Å². The van der Waals surface area contributed by atoms with Crippen LogP contribution in [0, 0.1) is 5.92 Å². The second-order valence-electron chi connectivity index (χ2n) is 5.60. The molecule has 1 aliphatic carbocycles. The Hall–Kier alpha value is -1.63. The smallest absolute Gasteiger partial charge is 0.261 e. The van der Waals surface area contributed by atoms with Gasteiger partial charge in [0.2, 0.25) is 0 Å². The van der Waals surface area contributed by atoms with Crippen LogP contribution in [-0.2, 0) is 0 Å². The summed E-state index contributed by atoms with van der Waals surface area (Å²) in [5.74, 6) is 0.648. The van der Waals surface area contributed by atoms with Crippen LogP contribution < -0.4 is 10.1 Å². The Morgan fingerprint density at radius 3 is 2.87 bits per heavy atom. The van der Waals surface area contributed by atoms with Crippen molar-refractivity contribution in [3.63, 3.8) is 0 Å². The van der Waals surface area contributed by atoms with Gasteiger partial charge in [-0.3, -0.25) is 9.78 Å². The van der Waals surface area contributed by atoms with Gasteiger partial charge < -0.3 is 15.2 Å². The van der Waals surface area contributed by atoms with Gasteiger partial charge in [-0.05, 0) is 42.5 Å². The van der Waals surface area contributed by atoms with Gasteiger partial charge in [-0.2, -0.15) is 0 Å². The molecule has 0 aliphatic heterocycles. The van der Waals surface area contributed by atoms with Crippen LogP contribution in [0.15, 0.2) is 30.6 Å². The number of pyridine rings is 1. The number of amides is 1. The average molecular weight is 353 g/mol. The molecule has 2 heterocycles. The standard InChI is InChI=1S/C16H17ClN2O3S/c1-22-12-6-10(7-18-8-12)15(9-4-11(20)5-9)19-16(21)13-2-3-14(17)23-13/h2-3,6-9,11,15,20H,4-5H2,1H3,(H,19,21)/t9?,11?,15-/m0/s1. The van der Waals surface area contributed by atoms with Crippen molar-refractivity contribution in [1.82, 2.24) is 10.3 Å². The van der Waals surface area contributed by atoms with E-state index in [1.165, 1.54) is 11.3 Å². The quantitative estimate of drug-likeness (QED) is 0.867. The van der Waals surface area contributed by atoms with Gasteiger partial charge in [-0.1, -0.05) is 11.6 Å². The summed E-state index contributed by atoms with van der Waals surface area (Å²) < 4.78 is 5.79. The molecule has 1 fully saturated rings. The number of halogens is 1. The van der Waals surface area contributed by atoms with E-state index in [1.54, 1.807) is 31.6 Å². The van der Waals surface area contributed by atoms with E-state index in [9.17, 15) is 9.90 Å². The van der Waals surface area contributed by atoms with Crippen molar-refractivity contribution in [1.29, 1.82) is 0 Å². The maximum absolute atomic E-state index is 12.4. The number of aliphatic hydroxyl groups is 1. The molecule has 2 N–H and O–H groups in total. The van der Waals surface area contributed by atoms with Crippen LogP contribution in [0.5, 0.6) is 5.75 Å². The number of nitrogens with zero attached hydrogens (tertiary/aromatic N) is 1. The highest BCUT2D eigenvalue weighted by Gasteiger charge is 2.36. The topological polar surface area (TPSA) is 71.5 Å². The number of hydrogen-bond donors (Lipinski definition) is 2. The van der Waals surface area contributed by atoms with E-state index < -0.39 is 0 Å². The van der Waals surface area contributed by atoms with Gasteiger partial charge in [-0.15, -0.1) is 11.3 Å². The minimum Gasteiger partial charge on any atom is -0.495 e. The molecule has 0 spiro atoms. The summed E-state index contributed by atoms with van der Waals surface area (Å²) in [5.41, 5.74) is 0.872. The van der Waals surface area contributed by atoms with Crippen molar-refractivity contribution < 1.29 is 14.6 Å². The van der Waals surface area contributed by atoms with Crippen molar-refractivity contribution in [2.45, 2.75) is 25.0 Å². The molecule has 3 rings (SSSR count). The molecule has 0 unspecified atom stereocenters. The molecule has 0 aromatic carbocycles. The molecule has 1 saturated carbocycles. The number of aromatic nitrogens is 1. The minimum atomic E-state index is -0.297. The number of rotatable bonds is 5. The molecule has 1 aliphatic rings. The van der Waals surface area contributed by atoms with Gasteiger partial charge in [0.25, 0.3) is 5.91 Å². The Morgan fingerprint density at radius 1 is 1.48 bits per heavy atom. The van der Waals surface area contributed by atoms with Crippen LogP contribution in [0.3, 0.4) is 0 Å². The Balaban J connectivity index is 1.82.